The molecule has 0 radical (unpaired) electrons. The van der Waals surface area contributed by atoms with Crippen LogP contribution >= 0.6 is 0 Å². The average molecular weight is 497 g/mol. The van der Waals surface area contributed by atoms with E-state index >= 15 is 0 Å². The summed E-state index contributed by atoms with van der Waals surface area (Å²) in [5.74, 6) is 0.244. The summed E-state index contributed by atoms with van der Waals surface area (Å²) in [6.45, 7) is 9.82. The molecule has 9 nitrogen and oxygen atoms in total. The van der Waals surface area contributed by atoms with Crippen molar-refractivity contribution in [2.24, 2.45) is 13.0 Å². The number of pyridine rings is 1. The van der Waals surface area contributed by atoms with Gasteiger partial charge in [-0.3, -0.25) is 9.08 Å². The van der Waals surface area contributed by atoms with Crippen LogP contribution in [0.15, 0.2) is 49.2 Å². The van der Waals surface area contributed by atoms with Crippen molar-refractivity contribution in [1.29, 1.82) is 0 Å². The van der Waals surface area contributed by atoms with Crippen LogP contribution in [-0.2, 0) is 7.05 Å². The Balaban J connectivity index is 1.51. The van der Waals surface area contributed by atoms with Gasteiger partial charge in [-0.15, -0.1) is 0 Å². The monoisotopic (exact) mass is 496 g/mol. The highest BCUT2D eigenvalue weighted by Gasteiger charge is 2.23. The lowest BCUT2D eigenvalue weighted by Gasteiger charge is -2.29. The van der Waals surface area contributed by atoms with Crippen molar-refractivity contribution in [1.82, 2.24) is 34.0 Å². The van der Waals surface area contributed by atoms with Gasteiger partial charge in [0.1, 0.15) is 11.3 Å². The smallest absolute Gasteiger partial charge is 0.240 e. The molecule has 0 saturated carbocycles. The second-order valence-electron chi connectivity index (χ2n) is 9.53. The molecule has 0 amide bonds. The number of imidazole rings is 1. The molecule has 1 saturated heterocycles. The molecule has 5 aromatic rings. The van der Waals surface area contributed by atoms with E-state index in [4.69, 9.17) is 16.3 Å². The number of piperidine rings is 1. The molecule has 10 heteroatoms. The first kappa shape index (κ1) is 23.1. The fourth-order valence-electron chi connectivity index (χ4n) is 5.06. The minimum Gasteiger partial charge on any atom is -0.476 e. The lowest BCUT2D eigenvalue weighted by atomic mass is 10.00. The SMILES string of the molecule is [C-]#[N+]c1ccc(-c2nc(OC[C@@H]3CCCN(C)C3)c3cncn3c2-c2cnc3c(cnn3C)c2)cc1F. The number of aryl methyl sites for hydroxylation is 1. The fraction of sp³-hybridized carbons (Fsp3) is 0.296. The van der Waals surface area contributed by atoms with Crippen LogP contribution in [0.5, 0.6) is 5.88 Å². The predicted molar refractivity (Wildman–Crippen MR) is 138 cm³/mol. The number of ether oxygens (including phenoxy) is 1. The first-order chi connectivity index (χ1) is 18.0. The molecule has 0 bridgehead atoms. The van der Waals surface area contributed by atoms with Crippen molar-refractivity contribution < 1.29 is 9.13 Å². The molecule has 186 valence electrons. The van der Waals surface area contributed by atoms with E-state index in [2.05, 4.69) is 31.9 Å². The second kappa shape index (κ2) is 9.26. The molecule has 1 atom stereocenters. The van der Waals surface area contributed by atoms with Crippen LogP contribution in [0.4, 0.5) is 10.1 Å². The van der Waals surface area contributed by atoms with E-state index in [0.29, 0.717) is 40.9 Å². The number of hydrogen-bond acceptors (Lipinski definition) is 6. The molecule has 5 heterocycles. The molecule has 1 aromatic carbocycles. The fourth-order valence-corrected chi connectivity index (χ4v) is 5.06. The molecule has 6 rings (SSSR count). The lowest BCUT2D eigenvalue weighted by molar-refractivity contribution is 0.148. The zero-order valence-electron chi connectivity index (χ0n) is 20.6. The van der Waals surface area contributed by atoms with Gasteiger partial charge in [-0.05, 0) is 38.6 Å². The maximum absolute atomic E-state index is 14.7. The van der Waals surface area contributed by atoms with Crippen molar-refractivity contribution in [2.45, 2.75) is 12.8 Å². The molecule has 1 aliphatic rings. The number of likely N-dealkylation sites (tertiary alicyclic amines) is 1. The number of hydrogen-bond donors (Lipinski definition) is 0. The van der Waals surface area contributed by atoms with Gasteiger partial charge < -0.3 is 9.64 Å². The van der Waals surface area contributed by atoms with Gasteiger partial charge in [-0.2, -0.15) is 5.10 Å². The molecular weight excluding hydrogens is 471 g/mol. The number of nitrogens with zero attached hydrogens (tertiary/aromatic N) is 8. The van der Waals surface area contributed by atoms with E-state index in [1.165, 1.54) is 12.1 Å². The number of rotatable bonds is 5. The van der Waals surface area contributed by atoms with Crippen LogP contribution in [0.2, 0.25) is 0 Å². The second-order valence-corrected chi connectivity index (χ2v) is 9.53. The highest BCUT2D eigenvalue weighted by Crippen LogP contribution is 2.37. The minimum atomic E-state index is -0.598. The Bertz CT molecular complexity index is 1670. The van der Waals surface area contributed by atoms with Crippen LogP contribution in [0.1, 0.15) is 12.8 Å². The van der Waals surface area contributed by atoms with Crippen LogP contribution in [-0.4, -0.2) is 60.8 Å². The number of fused-ring (bicyclic) bond motifs is 2. The number of halogens is 1. The normalized spacial score (nSPS) is 16.3. The van der Waals surface area contributed by atoms with Crippen molar-refractivity contribution in [3.8, 4) is 28.4 Å². The highest BCUT2D eigenvalue weighted by atomic mass is 19.1. The van der Waals surface area contributed by atoms with Gasteiger partial charge >= 0.3 is 0 Å². The van der Waals surface area contributed by atoms with Gasteiger partial charge in [-0.25, -0.2) is 24.2 Å². The van der Waals surface area contributed by atoms with Gasteiger partial charge in [0, 0.05) is 42.2 Å². The van der Waals surface area contributed by atoms with Crippen LogP contribution in [0, 0.1) is 18.3 Å². The summed E-state index contributed by atoms with van der Waals surface area (Å²) in [4.78, 5) is 19.5. The van der Waals surface area contributed by atoms with Gasteiger partial charge in [0.25, 0.3) is 0 Å². The Labute approximate surface area is 213 Å². The molecule has 0 aliphatic carbocycles. The largest absolute Gasteiger partial charge is 0.476 e. The van der Waals surface area contributed by atoms with Crippen molar-refractivity contribution in [2.75, 3.05) is 26.7 Å². The van der Waals surface area contributed by atoms with Crippen molar-refractivity contribution in [3.05, 3.63) is 66.4 Å². The molecule has 0 unspecified atom stereocenters. The van der Waals surface area contributed by atoms with Gasteiger partial charge in [0.15, 0.2) is 5.65 Å². The molecule has 4 aromatic heterocycles. The first-order valence-corrected chi connectivity index (χ1v) is 12.1. The maximum atomic E-state index is 14.7. The Morgan fingerprint density at radius 3 is 2.86 bits per heavy atom. The third-order valence-corrected chi connectivity index (χ3v) is 6.90. The van der Waals surface area contributed by atoms with Gasteiger partial charge in [-0.1, -0.05) is 12.1 Å². The molecular formula is C27H25FN8O. The van der Waals surface area contributed by atoms with E-state index in [0.717, 1.165) is 42.5 Å². The summed E-state index contributed by atoms with van der Waals surface area (Å²) >= 11 is 0. The van der Waals surface area contributed by atoms with Crippen LogP contribution < -0.4 is 4.74 Å². The Morgan fingerprint density at radius 2 is 2.05 bits per heavy atom. The molecule has 37 heavy (non-hydrogen) atoms. The highest BCUT2D eigenvalue weighted by molar-refractivity contribution is 5.87. The zero-order chi connectivity index (χ0) is 25.5. The van der Waals surface area contributed by atoms with Crippen molar-refractivity contribution >= 4 is 22.2 Å². The topological polar surface area (TPSA) is 77.7 Å². The summed E-state index contributed by atoms with van der Waals surface area (Å²) < 4.78 is 24.7. The third-order valence-electron chi connectivity index (χ3n) is 6.90. The Hall–Kier alpha value is -4.36. The van der Waals surface area contributed by atoms with E-state index in [9.17, 15) is 4.39 Å². The lowest BCUT2D eigenvalue weighted by Crippen LogP contribution is -2.34. The summed E-state index contributed by atoms with van der Waals surface area (Å²) in [6, 6.07) is 6.51. The quantitative estimate of drug-likeness (QED) is 0.327. The summed E-state index contributed by atoms with van der Waals surface area (Å²) in [6.07, 6.45) is 9.18. The Kier molecular flexibility index (Phi) is 5.77. The number of benzene rings is 1. The third kappa shape index (κ3) is 4.17. The molecule has 1 aliphatic heterocycles. The van der Waals surface area contributed by atoms with E-state index in [1.807, 2.05) is 17.5 Å². The van der Waals surface area contributed by atoms with E-state index < -0.39 is 5.82 Å². The summed E-state index contributed by atoms with van der Waals surface area (Å²) in [5.41, 5.74) is 3.96. The zero-order valence-corrected chi connectivity index (χ0v) is 20.6. The van der Waals surface area contributed by atoms with E-state index in [1.54, 1.807) is 35.7 Å². The van der Waals surface area contributed by atoms with E-state index in [-0.39, 0.29) is 5.69 Å². The molecule has 1 fully saturated rings. The molecule has 0 spiro atoms. The predicted octanol–water partition coefficient (Wildman–Crippen LogP) is 4.76. The minimum absolute atomic E-state index is 0.0367. The van der Waals surface area contributed by atoms with Gasteiger partial charge in [0.05, 0.1) is 43.3 Å². The standard InChI is InChI=1S/C27H25FN8O/c1-29-22-7-6-18(10-21(22)28)24-25(19-9-20-12-32-35(3)26(20)31-11-19)36-16-30-13-23(36)27(33-24)37-15-17-5-4-8-34(2)14-17/h6-7,9-13,16-17H,4-5,8,14-15H2,2-3H3/t17-/m1/s1. The van der Waals surface area contributed by atoms with Crippen LogP contribution in [0.25, 0.3) is 43.9 Å². The summed E-state index contributed by atoms with van der Waals surface area (Å²) in [7, 11) is 3.97. The first-order valence-electron chi connectivity index (χ1n) is 12.1. The average Bonchev–Trinajstić information content (AvgIpc) is 3.54. The summed E-state index contributed by atoms with van der Waals surface area (Å²) in [5, 5.41) is 5.17. The number of aromatic nitrogens is 6. The van der Waals surface area contributed by atoms with Crippen LogP contribution in [0.3, 0.4) is 0 Å². The maximum Gasteiger partial charge on any atom is 0.240 e. The van der Waals surface area contributed by atoms with Gasteiger partial charge in [0.2, 0.25) is 11.6 Å². The Morgan fingerprint density at radius 1 is 1.16 bits per heavy atom. The van der Waals surface area contributed by atoms with Crippen molar-refractivity contribution in [3.63, 3.8) is 0 Å². The molecule has 0 N–H and O–H groups in total.